The molecule has 2 aliphatic rings. The van der Waals surface area contributed by atoms with Gasteiger partial charge in [0, 0.05) is 5.02 Å². The summed E-state index contributed by atoms with van der Waals surface area (Å²) in [4.78, 5) is 13.3. The molecule has 0 saturated carbocycles. The molecule has 35 heavy (non-hydrogen) atoms. The molecule has 1 N–H and O–H groups in total. The Bertz CT molecular complexity index is 1360. The normalized spacial score (nSPS) is 17.7. The second-order valence-corrected chi connectivity index (χ2v) is 10.5. The van der Waals surface area contributed by atoms with Crippen molar-refractivity contribution in [3.05, 3.63) is 77.3 Å². The number of anilines is 1. The minimum absolute atomic E-state index is 0.0717. The fourth-order valence-corrected chi connectivity index (χ4v) is 5.62. The van der Waals surface area contributed by atoms with Gasteiger partial charge in [-0.1, -0.05) is 29.8 Å². The van der Waals surface area contributed by atoms with Crippen LogP contribution in [-0.2, 0) is 14.8 Å². The molecule has 0 fully saturated rings. The van der Waals surface area contributed by atoms with Crippen LogP contribution in [0.25, 0.3) is 0 Å². The van der Waals surface area contributed by atoms with E-state index in [-0.39, 0.29) is 17.5 Å². The Morgan fingerprint density at radius 2 is 1.71 bits per heavy atom. The van der Waals surface area contributed by atoms with Crippen molar-refractivity contribution < 1.29 is 27.4 Å². The molecule has 3 aromatic carbocycles. The highest BCUT2D eigenvalue weighted by Gasteiger charge is 2.37. The van der Waals surface area contributed by atoms with E-state index in [9.17, 15) is 13.2 Å². The summed E-state index contributed by atoms with van der Waals surface area (Å²) in [5, 5.41) is 3.35. The lowest BCUT2D eigenvalue weighted by Gasteiger charge is -2.35. The third-order valence-electron chi connectivity index (χ3n) is 5.85. The van der Waals surface area contributed by atoms with Crippen LogP contribution < -0.4 is 23.8 Å². The molecule has 0 spiro atoms. The molecule has 2 aliphatic heterocycles. The third-order valence-corrected chi connectivity index (χ3v) is 7.90. The van der Waals surface area contributed by atoms with Crippen molar-refractivity contribution in [2.75, 3.05) is 24.1 Å². The molecule has 3 aromatic rings. The number of carbonyl (C=O) groups excluding carboxylic acids is 1. The Morgan fingerprint density at radius 3 is 2.49 bits per heavy atom. The Labute approximate surface area is 208 Å². The highest BCUT2D eigenvalue weighted by Crippen LogP contribution is 2.37. The molecule has 0 radical (unpaired) electrons. The SMILES string of the molecule is C[C@H](NC(=O)[C@@H]1CN(S(=O)(=O)c2ccc(Cl)cc2)c2ccccc2O1)c1ccc2c(c1)OCCO2. The van der Waals surface area contributed by atoms with E-state index in [1.54, 1.807) is 30.3 Å². The number of nitrogens with one attached hydrogen (secondary N) is 1. The number of halogens is 1. The largest absolute Gasteiger partial charge is 0.486 e. The van der Waals surface area contributed by atoms with Gasteiger partial charge in [0.2, 0.25) is 0 Å². The van der Waals surface area contributed by atoms with Crippen LogP contribution in [0.15, 0.2) is 71.6 Å². The topological polar surface area (TPSA) is 94.2 Å². The van der Waals surface area contributed by atoms with E-state index in [1.807, 2.05) is 19.1 Å². The predicted octanol–water partition coefficient (Wildman–Crippen LogP) is 3.94. The number of hydrogen-bond acceptors (Lipinski definition) is 6. The van der Waals surface area contributed by atoms with Gasteiger partial charge in [-0.05, 0) is 61.0 Å². The van der Waals surface area contributed by atoms with E-state index < -0.39 is 22.0 Å². The second-order valence-electron chi connectivity index (χ2n) is 8.20. The first-order chi connectivity index (χ1) is 16.8. The highest BCUT2D eigenvalue weighted by molar-refractivity contribution is 7.92. The molecule has 0 unspecified atom stereocenters. The lowest BCUT2D eigenvalue weighted by molar-refractivity contribution is -0.128. The maximum absolute atomic E-state index is 13.5. The van der Waals surface area contributed by atoms with Crippen molar-refractivity contribution >= 4 is 33.2 Å². The van der Waals surface area contributed by atoms with Crippen LogP contribution in [0.5, 0.6) is 17.2 Å². The van der Waals surface area contributed by atoms with Crippen LogP contribution in [0.1, 0.15) is 18.5 Å². The lowest BCUT2D eigenvalue weighted by atomic mass is 10.1. The van der Waals surface area contributed by atoms with Crippen molar-refractivity contribution in [1.29, 1.82) is 0 Å². The van der Waals surface area contributed by atoms with Gasteiger partial charge in [0.1, 0.15) is 19.0 Å². The van der Waals surface area contributed by atoms with Gasteiger partial charge < -0.3 is 19.5 Å². The fourth-order valence-electron chi connectivity index (χ4n) is 4.02. The van der Waals surface area contributed by atoms with Crippen LogP contribution in [-0.4, -0.2) is 40.2 Å². The minimum Gasteiger partial charge on any atom is -0.486 e. The number of carbonyl (C=O) groups is 1. The molecule has 8 nitrogen and oxygen atoms in total. The molecule has 2 heterocycles. The zero-order chi connectivity index (χ0) is 24.6. The average Bonchev–Trinajstić information content (AvgIpc) is 2.87. The first kappa shape index (κ1) is 23.3. The summed E-state index contributed by atoms with van der Waals surface area (Å²) in [6, 6.07) is 17.8. The molecular weight excluding hydrogens is 492 g/mol. The van der Waals surface area contributed by atoms with E-state index in [2.05, 4.69) is 5.32 Å². The minimum atomic E-state index is -3.97. The number of fused-ring (bicyclic) bond motifs is 2. The van der Waals surface area contributed by atoms with Crippen LogP contribution in [0.3, 0.4) is 0 Å². The summed E-state index contributed by atoms with van der Waals surface area (Å²) < 4.78 is 45.3. The molecule has 0 saturated heterocycles. The van der Waals surface area contributed by atoms with Crippen molar-refractivity contribution in [2.24, 2.45) is 0 Å². The molecule has 1 amide bonds. The van der Waals surface area contributed by atoms with Gasteiger partial charge in [0.05, 0.1) is 23.2 Å². The van der Waals surface area contributed by atoms with Gasteiger partial charge in [-0.15, -0.1) is 0 Å². The smallest absolute Gasteiger partial charge is 0.264 e. The van der Waals surface area contributed by atoms with Gasteiger partial charge in [-0.2, -0.15) is 0 Å². The van der Waals surface area contributed by atoms with Gasteiger partial charge in [-0.25, -0.2) is 8.42 Å². The highest BCUT2D eigenvalue weighted by atomic mass is 35.5. The first-order valence-electron chi connectivity index (χ1n) is 11.1. The number of hydrogen-bond donors (Lipinski definition) is 1. The van der Waals surface area contributed by atoms with E-state index >= 15 is 0 Å². The molecule has 5 rings (SSSR count). The number of benzene rings is 3. The Morgan fingerprint density at radius 1 is 1.00 bits per heavy atom. The third kappa shape index (κ3) is 4.61. The molecule has 10 heteroatoms. The Balaban J connectivity index is 1.38. The number of amides is 1. The summed E-state index contributed by atoms with van der Waals surface area (Å²) in [6.07, 6.45) is -1.05. The summed E-state index contributed by atoms with van der Waals surface area (Å²) in [5.41, 5.74) is 1.19. The lowest BCUT2D eigenvalue weighted by Crippen LogP contribution is -2.51. The van der Waals surface area contributed by atoms with E-state index in [0.29, 0.717) is 41.2 Å². The number of para-hydroxylation sites is 2. The molecule has 182 valence electrons. The summed E-state index contributed by atoms with van der Waals surface area (Å²) in [7, 11) is -3.97. The molecule has 0 aliphatic carbocycles. The zero-order valence-corrected chi connectivity index (χ0v) is 20.4. The number of sulfonamides is 1. The van der Waals surface area contributed by atoms with Crippen LogP contribution >= 0.6 is 11.6 Å². The molecule has 2 atom stereocenters. The van der Waals surface area contributed by atoms with Gasteiger partial charge in [0.25, 0.3) is 15.9 Å². The van der Waals surface area contributed by atoms with E-state index in [4.69, 9.17) is 25.8 Å². The van der Waals surface area contributed by atoms with Crippen molar-refractivity contribution in [2.45, 2.75) is 24.0 Å². The Hall–Kier alpha value is -3.43. The quantitative estimate of drug-likeness (QED) is 0.554. The first-order valence-corrected chi connectivity index (χ1v) is 12.9. The summed E-state index contributed by atoms with van der Waals surface area (Å²) in [5.74, 6) is 1.16. The molecule has 0 aromatic heterocycles. The fraction of sp³-hybridized carbons (Fsp3) is 0.240. The predicted molar refractivity (Wildman–Crippen MR) is 131 cm³/mol. The second kappa shape index (κ2) is 9.31. The standard InChI is InChI=1S/C25H23ClN2O6S/c1-16(17-6-11-22-23(14-17)33-13-12-32-22)27-25(29)24-15-28(20-4-2-3-5-21(20)34-24)35(30,31)19-9-7-18(26)8-10-19/h2-11,14,16,24H,12-13,15H2,1H3,(H,27,29)/t16-,24-/m0/s1. The van der Waals surface area contributed by atoms with Gasteiger partial charge in [0.15, 0.2) is 17.6 Å². The van der Waals surface area contributed by atoms with Crippen molar-refractivity contribution in [1.82, 2.24) is 5.32 Å². The Kier molecular flexibility index (Phi) is 6.21. The number of rotatable bonds is 5. The average molecular weight is 515 g/mol. The number of ether oxygens (including phenoxy) is 3. The monoisotopic (exact) mass is 514 g/mol. The molecular formula is C25H23ClN2O6S. The van der Waals surface area contributed by atoms with Crippen LogP contribution in [0, 0.1) is 0 Å². The maximum atomic E-state index is 13.5. The van der Waals surface area contributed by atoms with Crippen LogP contribution in [0.2, 0.25) is 5.02 Å². The summed E-state index contributed by atoms with van der Waals surface area (Å²) >= 11 is 5.94. The summed E-state index contributed by atoms with van der Waals surface area (Å²) in [6.45, 7) is 2.61. The molecule has 0 bridgehead atoms. The van der Waals surface area contributed by atoms with E-state index in [1.165, 1.54) is 28.6 Å². The van der Waals surface area contributed by atoms with Crippen LogP contribution in [0.4, 0.5) is 5.69 Å². The van der Waals surface area contributed by atoms with Crippen molar-refractivity contribution in [3.8, 4) is 17.2 Å². The van der Waals surface area contributed by atoms with Gasteiger partial charge >= 0.3 is 0 Å². The van der Waals surface area contributed by atoms with Crippen molar-refractivity contribution in [3.63, 3.8) is 0 Å². The zero-order valence-electron chi connectivity index (χ0n) is 18.8. The number of nitrogens with zero attached hydrogens (tertiary/aromatic N) is 1. The maximum Gasteiger partial charge on any atom is 0.264 e. The van der Waals surface area contributed by atoms with E-state index in [0.717, 1.165) is 5.56 Å². The van der Waals surface area contributed by atoms with Gasteiger partial charge in [-0.3, -0.25) is 9.10 Å².